The Morgan fingerprint density at radius 3 is 2.52 bits per heavy atom. The van der Waals surface area contributed by atoms with Crippen molar-refractivity contribution in [1.29, 1.82) is 0 Å². The number of amidine groups is 1. The van der Waals surface area contributed by atoms with Crippen molar-refractivity contribution in [3.63, 3.8) is 0 Å². The zero-order chi connectivity index (χ0) is 16.2. The first-order valence-corrected chi connectivity index (χ1v) is 8.00. The SMILES string of the molecule is CN(C)C(=Nc1ncnc2c1CCCCC2)c1ccc(F)cc1. The molecule has 3 rings (SSSR count). The summed E-state index contributed by atoms with van der Waals surface area (Å²) in [5.41, 5.74) is 3.15. The van der Waals surface area contributed by atoms with Crippen LogP contribution >= 0.6 is 0 Å². The monoisotopic (exact) mass is 312 g/mol. The maximum absolute atomic E-state index is 13.2. The summed E-state index contributed by atoms with van der Waals surface area (Å²) in [4.78, 5) is 15.5. The minimum atomic E-state index is -0.247. The molecule has 4 nitrogen and oxygen atoms in total. The summed E-state index contributed by atoms with van der Waals surface area (Å²) in [5, 5.41) is 0. The van der Waals surface area contributed by atoms with E-state index < -0.39 is 0 Å². The Balaban J connectivity index is 2.05. The van der Waals surface area contributed by atoms with Crippen molar-refractivity contribution in [2.24, 2.45) is 4.99 Å². The molecule has 2 aromatic rings. The van der Waals surface area contributed by atoms with Crippen LogP contribution < -0.4 is 0 Å². The van der Waals surface area contributed by atoms with Crippen LogP contribution in [0.2, 0.25) is 0 Å². The summed E-state index contributed by atoms with van der Waals surface area (Å²) in [6.07, 6.45) is 7.11. The Morgan fingerprint density at radius 1 is 1.04 bits per heavy atom. The number of halogens is 1. The van der Waals surface area contributed by atoms with Crippen LogP contribution in [-0.2, 0) is 12.8 Å². The average molecular weight is 312 g/mol. The zero-order valence-corrected chi connectivity index (χ0v) is 13.6. The summed E-state index contributed by atoms with van der Waals surface area (Å²) < 4.78 is 13.2. The Kier molecular flexibility index (Phi) is 4.65. The molecule has 0 saturated carbocycles. The van der Waals surface area contributed by atoms with Crippen molar-refractivity contribution in [3.05, 3.63) is 53.2 Å². The highest BCUT2D eigenvalue weighted by molar-refractivity contribution is 5.99. The average Bonchev–Trinajstić information content (AvgIpc) is 2.79. The van der Waals surface area contributed by atoms with E-state index in [1.165, 1.54) is 25.0 Å². The van der Waals surface area contributed by atoms with Crippen LogP contribution in [0.25, 0.3) is 0 Å². The Morgan fingerprint density at radius 2 is 1.78 bits per heavy atom. The van der Waals surface area contributed by atoms with E-state index in [2.05, 4.69) is 9.97 Å². The molecule has 0 atom stereocenters. The van der Waals surface area contributed by atoms with Gasteiger partial charge in [-0.2, -0.15) is 0 Å². The summed E-state index contributed by atoms with van der Waals surface area (Å²) in [5.74, 6) is 1.27. The van der Waals surface area contributed by atoms with Gasteiger partial charge in [0.2, 0.25) is 0 Å². The number of aliphatic imine (C=N–C) groups is 1. The van der Waals surface area contributed by atoms with E-state index in [0.717, 1.165) is 47.7 Å². The van der Waals surface area contributed by atoms with Gasteiger partial charge >= 0.3 is 0 Å². The molecule has 5 heteroatoms. The van der Waals surface area contributed by atoms with Gasteiger partial charge in [0, 0.05) is 30.9 Å². The van der Waals surface area contributed by atoms with Gasteiger partial charge in [-0.15, -0.1) is 0 Å². The van der Waals surface area contributed by atoms with Crippen molar-refractivity contribution in [3.8, 4) is 0 Å². The van der Waals surface area contributed by atoms with E-state index in [9.17, 15) is 4.39 Å². The molecule has 0 bridgehead atoms. The predicted octanol–water partition coefficient (Wildman–Crippen LogP) is 3.52. The molecule has 0 saturated heterocycles. The van der Waals surface area contributed by atoms with E-state index in [-0.39, 0.29) is 5.82 Å². The largest absolute Gasteiger partial charge is 0.362 e. The zero-order valence-electron chi connectivity index (χ0n) is 13.6. The second-order valence-corrected chi connectivity index (χ2v) is 6.02. The van der Waals surface area contributed by atoms with Gasteiger partial charge in [0.25, 0.3) is 0 Å². The summed E-state index contributed by atoms with van der Waals surface area (Å²) in [7, 11) is 3.87. The van der Waals surface area contributed by atoms with Gasteiger partial charge in [0.1, 0.15) is 18.0 Å². The molecule has 0 spiro atoms. The van der Waals surface area contributed by atoms with Crippen LogP contribution in [0.5, 0.6) is 0 Å². The second-order valence-electron chi connectivity index (χ2n) is 6.02. The molecule has 23 heavy (non-hydrogen) atoms. The molecule has 0 radical (unpaired) electrons. The fourth-order valence-corrected chi connectivity index (χ4v) is 2.90. The van der Waals surface area contributed by atoms with Gasteiger partial charge in [-0.05, 0) is 49.9 Å². The Hall–Kier alpha value is -2.30. The standard InChI is InChI=1S/C18H21FN4/c1-23(2)18(13-8-10-14(19)11-9-13)22-17-15-6-4-3-5-7-16(15)20-12-21-17/h8-12H,3-7H2,1-2H3. The second kappa shape index (κ2) is 6.86. The highest BCUT2D eigenvalue weighted by Gasteiger charge is 2.15. The molecule has 1 heterocycles. The third kappa shape index (κ3) is 3.55. The molecular weight excluding hydrogens is 291 g/mol. The highest BCUT2D eigenvalue weighted by atomic mass is 19.1. The van der Waals surface area contributed by atoms with Gasteiger partial charge in [-0.25, -0.2) is 19.4 Å². The van der Waals surface area contributed by atoms with Gasteiger partial charge < -0.3 is 4.90 Å². The Labute approximate surface area is 136 Å². The third-order valence-corrected chi connectivity index (χ3v) is 4.09. The molecule has 1 aromatic heterocycles. The molecule has 0 aliphatic heterocycles. The molecule has 0 unspecified atom stereocenters. The van der Waals surface area contributed by atoms with Crippen molar-refractivity contribution < 1.29 is 4.39 Å². The fraction of sp³-hybridized carbons (Fsp3) is 0.389. The number of aryl methyl sites for hydroxylation is 1. The maximum atomic E-state index is 13.2. The van der Waals surface area contributed by atoms with Gasteiger partial charge in [-0.3, -0.25) is 0 Å². The van der Waals surface area contributed by atoms with E-state index >= 15 is 0 Å². The predicted molar refractivity (Wildman–Crippen MR) is 89.6 cm³/mol. The molecule has 1 aliphatic rings. The summed E-state index contributed by atoms with van der Waals surface area (Å²) >= 11 is 0. The van der Waals surface area contributed by atoms with Gasteiger partial charge in [0.05, 0.1) is 0 Å². The van der Waals surface area contributed by atoms with Crippen LogP contribution in [0.15, 0.2) is 35.6 Å². The van der Waals surface area contributed by atoms with Crippen LogP contribution in [0.4, 0.5) is 10.2 Å². The van der Waals surface area contributed by atoms with Gasteiger partial charge in [0.15, 0.2) is 5.82 Å². The van der Waals surface area contributed by atoms with Crippen molar-refractivity contribution in [2.45, 2.75) is 32.1 Å². The highest BCUT2D eigenvalue weighted by Crippen LogP contribution is 2.26. The number of nitrogens with zero attached hydrogens (tertiary/aromatic N) is 4. The molecule has 0 N–H and O–H groups in total. The number of hydrogen-bond donors (Lipinski definition) is 0. The Bertz CT molecular complexity index is 707. The van der Waals surface area contributed by atoms with Crippen LogP contribution in [0.3, 0.4) is 0 Å². The first-order chi connectivity index (χ1) is 11.1. The van der Waals surface area contributed by atoms with Gasteiger partial charge in [-0.1, -0.05) is 6.42 Å². The number of rotatable bonds is 2. The van der Waals surface area contributed by atoms with E-state index in [1.54, 1.807) is 18.5 Å². The summed E-state index contributed by atoms with van der Waals surface area (Å²) in [6, 6.07) is 6.39. The lowest BCUT2D eigenvalue weighted by Gasteiger charge is -2.17. The lowest BCUT2D eigenvalue weighted by Crippen LogP contribution is -2.23. The van der Waals surface area contributed by atoms with E-state index in [4.69, 9.17) is 4.99 Å². The molecule has 1 aromatic carbocycles. The molecule has 0 fully saturated rings. The minimum Gasteiger partial charge on any atom is -0.362 e. The van der Waals surface area contributed by atoms with Crippen molar-refractivity contribution in [1.82, 2.24) is 14.9 Å². The van der Waals surface area contributed by atoms with E-state index in [0.29, 0.717) is 0 Å². The lowest BCUT2D eigenvalue weighted by molar-refractivity contribution is 0.619. The van der Waals surface area contributed by atoms with Crippen LogP contribution in [0.1, 0.15) is 36.1 Å². The number of benzene rings is 1. The van der Waals surface area contributed by atoms with Crippen molar-refractivity contribution >= 4 is 11.7 Å². The quantitative estimate of drug-likeness (QED) is 0.484. The number of aromatic nitrogens is 2. The van der Waals surface area contributed by atoms with E-state index in [1.807, 2.05) is 19.0 Å². The summed E-state index contributed by atoms with van der Waals surface area (Å²) in [6.45, 7) is 0. The fourth-order valence-electron chi connectivity index (χ4n) is 2.90. The molecular formula is C18H21FN4. The minimum absolute atomic E-state index is 0.247. The normalized spacial score (nSPS) is 15.0. The number of fused-ring (bicyclic) bond motifs is 1. The molecule has 0 amide bonds. The van der Waals surface area contributed by atoms with Crippen LogP contribution in [-0.4, -0.2) is 34.8 Å². The lowest BCUT2D eigenvalue weighted by atomic mass is 10.1. The topological polar surface area (TPSA) is 41.4 Å². The smallest absolute Gasteiger partial charge is 0.161 e. The number of hydrogen-bond acceptors (Lipinski definition) is 3. The first-order valence-electron chi connectivity index (χ1n) is 8.00. The van der Waals surface area contributed by atoms with Crippen LogP contribution in [0, 0.1) is 5.82 Å². The molecule has 1 aliphatic carbocycles. The third-order valence-electron chi connectivity index (χ3n) is 4.09. The first kappa shape index (κ1) is 15.6. The maximum Gasteiger partial charge on any atom is 0.161 e. The molecule has 120 valence electrons. The van der Waals surface area contributed by atoms with Crippen molar-refractivity contribution in [2.75, 3.05) is 14.1 Å².